The molecule has 0 saturated heterocycles. The summed E-state index contributed by atoms with van der Waals surface area (Å²) in [6, 6.07) is 20.6. The molecular formula is C26H30N2O4S. The van der Waals surface area contributed by atoms with Crippen molar-refractivity contribution in [3.63, 3.8) is 0 Å². The summed E-state index contributed by atoms with van der Waals surface area (Å²) in [4.78, 5) is 13.3. The highest BCUT2D eigenvalue weighted by molar-refractivity contribution is 7.92. The van der Waals surface area contributed by atoms with Crippen molar-refractivity contribution in [2.75, 3.05) is 11.8 Å². The van der Waals surface area contributed by atoms with Crippen molar-refractivity contribution in [1.82, 2.24) is 5.32 Å². The predicted molar refractivity (Wildman–Crippen MR) is 131 cm³/mol. The number of sulfonamides is 1. The topological polar surface area (TPSA) is 84.5 Å². The van der Waals surface area contributed by atoms with Gasteiger partial charge >= 0.3 is 0 Å². The van der Waals surface area contributed by atoms with Crippen LogP contribution in [0.3, 0.4) is 0 Å². The number of benzene rings is 3. The summed E-state index contributed by atoms with van der Waals surface area (Å²) in [6.45, 7) is 6.00. The van der Waals surface area contributed by atoms with E-state index in [4.69, 9.17) is 4.74 Å². The molecule has 0 radical (unpaired) electrons. The molecule has 1 atom stereocenters. The maximum atomic E-state index is 13.1. The first-order chi connectivity index (χ1) is 15.7. The lowest BCUT2D eigenvalue weighted by molar-refractivity contribution is 0.0932. The molecule has 3 rings (SSSR count). The van der Waals surface area contributed by atoms with Gasteiger partial charge in [0.05, 0.1) is 23.7 Å². The van der Waals surface area contributed by atoms with Gasteiger partial charge in [-0.25, -0.2) is 8.42 Å². The number of anilines is 1. The van der Waals surface area contributed by atoms with Crippen molar-refractivity contribution in [3.8, 4) is 5.75 Å². The van der Waals surface area contributed by atoms with E-state index in [0.29, 0.717) is 17.2 Å². The van der Waals surface area contributed by atoms with Crippen LogP contribution in [0.1, 0.15) is 47.8 Å². The first-order valence-electron chi connectivity index (χ1n) is 10.8. The molecule has 33 heavy (non-hydrogen) atoms. The second-order valence-electron chi connectivity index (χ2n) is 8.38. The van der Waals surface area contributed by atoms with Gasteiger partial charge in [0.15, 0.2) is 0 Å². The third-order valence-electron chi connectivity index (χ3n) is 5.33. The van der Waals surface area contributed by atoms with Gasteiger partial charge in [0.2, 0.25) is 0 Å². The molecule has 1 amide bonds. The van der Waals surface area contributed by atoms with Crippen LogP contribution in [-0.2, 0) is 10.0 Å². The molecule has 2 N–H and O–H groups in total. The minimum Gasteiger partial charge on any atom is -0.497 e. The number of carbonyl (C=O) groups is 1. The fraction of sp³-hybridized carbons (Fsp3) is 0.269. The molecule has 0 aliphatic rings. The van der Waals surface area contributed by atoms with Gasteiger partial charge in [-0.3, -0.25) is 9.52 Å². The maximum Gasteiger partial charge on any atom is 0.261 e. The van der Waals surface area contributed by atoms with Crippen molar-refractivity contribution in [2.45, 2.75) is 38.1 Å². The second kappa shape index (κ2) is 10.5. The summed E-state index contributed by atoms with van der Waals surface area (Å²) in [5.74, 6) is 0.850. The van der Waals surface area contributed by atoms with Gasteiger partial charge < -0.3 is 10.1 Å². The molecule has 0 aromatic heterocycles. The molecule has 0 heterocycles. The van der Waals surface area contributed by atoms with E-state index in [1.807, 2.05) is 24.3 Å². The Morgan fingerprint density at radius 2 is 1.64 bits per heavy atom. The smallest absolute Gasteiger partial charge is 0.261 e. The first-order valence-corrected chi connectivity index (χ1v) is 12.3. The summed E-state index contributed by atoms with van der Waals surface area (Å²) in [7, 11) is -2.15. The van der Waals surface area contributed by atoms with Crippen molar-refractivity contribution in [3.05, 3.63) is 89.5 Å². The Morgan fingerprint density at radius 3 is 2.24 bits per heavy atom. The predicted octanol–water partition coefficient (Wildman–Crippen LogP) is 5.32. The molecule has 7 heteroatoms. The van der Waals surface area contributed by atoms with E-state index >= 15 is 0 Å². The quantitative estimate of drug-likeness (QED) is 0.447. The first kappa shape index (κ1) is 24.3. The lowest BCUT2D eigenvalue weighted by Crippen LogP contribution is -2.29. The van der Waals surface area contributed by atoms with E-state index in [-0.39, 0.29) is 16.8 Å². The van der Waals surface area contributed by atoms with Gasteiger partial charge in [0.1, 0.15) is 5.75 Å². The number of hydrogen-bond acceptors (Lipinski definition) is 4. The van der Waals surface area contributed by atoms with Crippen molar-refractivity contribution in [2.24, 2.45) is 5.92 Å². The average molecular weight is 467 g/mol. The Bertz CT molecular complexity index is 1190. The van der Waals surface area contributed by atoms with E-state index in [2.05, 4.69) is 23.9 Å². The molecule has 0 aliphatic carbocycles. The lowest BCUT2D eigenvalue weighted by Gasteiger charge is -2.22. The highest BCUT2D eigenvalue weighted by Gasteiger charge is 2.20. The van der Waals surface area contributed by atoms with Crippen LogP contribution in [0.5, 0.6) is 5.75 Å². The van der Waals surface area contributed by atoms with Crippen molar-refractivity contribution < 1.29 is 17.9 Å². The standard InChI is InChI=1S/C26H30N2O4S/c1-18(2)16-25(20-12-14-22(32-4)15-13-20)27-26(29)21-11-10-19(3)24(17-21)28-33(30,31)23-8-6-5-7-9-23/h5-15,17-18,25,28H,16H2,1-4H3,(H,27,29). The number of carbonyl (C=O) groups excluding carboxylic acids is 1. The molecule has 0 saturated carbocycles. The fourth-order valence-electron chi connectivity index (χ4n) is 3.50. The van der Waals surface area contributed by atoms with Crippen molar-refractivity contribution >= 4 is 21.6 Å². The van der Waals surface area contributed by atoms with Crippen LogP contribution in [0.25, 0.3) is 0 Å². The molecule has 0 aliphatic heterocycles. The third-order valence-corrected chi connectivity index (χ3v) is 6.71. The van der Waals surface area contributed by atoms with E-state index in [1.54, 1.807) is 50.4 Å². The molecular weight excluding hydrogens is 436 g/mol. The Labute approximate surface area is 196 Å². The summed E-state index contributed by atoms with van der Waals surface area (Å²) in [5.41, 5.74) is 2.46. The Morgan fingerprint density at radius 1 is 0.970 bits per heavy atom. The normalized spacial score (nSPS) is 12.3. The molecule has 3 aromatic rings. The molecule has 0 fully saturated rings. The zero-order valence-electron chi connectivity index (χ0n) is 19.3. The molecule has 0 bridgehead atoms. The number of methoxy groups -OCH3 is 1. The fourth-order valence-corrected chi connectivity index (χ4v) is 4.65. The highest BCUT2D eigenvalue weighted by Crippen LogP contribution is 2.25. The molecule has 1 unspecified atom stereocenters. The van der Waals surface area contributed by atoms with Crippen LogP contribution in [0.15, 0.2) is 77.7 Å². The zero-order chi connectivity index (χ0) is 24.0. The molecule has 0 spiro atoms. The SMILES string of the molecule is COc1ccc(C(CC(C)C)NC(=O)c2ccc(C)c(NS(=O)(=O)c3ccccc3)c2)cc1. The average Bonchev–Trinajstić information content (AvgIpc) is 2.80. The maximum absolute atomic E-state index is 13.1. The Hall–Kier alpha value is -3.32. The van der Waals surface area contributed by atoms with Crippen LogP contribution in [0.4, 0.5) is 5.69 Å². The molecule has 3 aromatic carbocycles. The minimum absolute atomic E-state index is 0.163. The Kier molecular flexibility index (Phi) is 7.76. The van der Waals surface area contributed by atoms with Crippen LogP contribution in [0.2, 0.25) is 0 Å². The molecule has 6 nitrogen and oxygen atoms in total. The van der Waals surface area contributed by atoms with Crippen LogP contribution in [0, 0.1) is 12.8 Å². The van der Waals surface area contributed by atoms with E-state index < -0.39 is 10.0 Å². The third kappa shape index (κ3) is 6.35. The number of rotatable bonds is 9. The van der Waals surface area contributed by atoms with Gasteiger partial charge in [-0.1, -0.05) is 50.2 Å². The van der Waals surface area contributed by atoms with Gasteiger partial charge in [-0.15, -0.1) is 0 Å². The number of nitrogens with one attached hydrogen (secondary N) is 2. The van der Waals surface area contributed by atoms with Gasteiger partial charge in [0, 0.05) is 5.56 Å². The summed E-state index contributed by atoms with van der Waals surface area (Å²) in [5, 5.41) is 3.10. The summed E-state index contributed by atoms with van der Waals surface area (Å²) >= 11 is 0. The highest BCUT2D eigenvalue weighted by atomic mass is 32.2. The van der Waals surface area contributed by atoms with E-state index in [9.17, 15) is 13.2 Å². The van der Waals surface area contributed by atoms with Crippen LogP contribution < -0.4 is 14.8 Å². The van der Waals surface area contributed by atoms with Gasteiger partial charge in [-0.2, -0.15) is 0 Å². The van der Waals surface area contributed by atoms with E-state index in [1.165, 1.54) is 12.1 Å². The van der Waals surface area contributed by atoms with Crippen molar-refractivity contribution in [1.29, 1.82) is 0 Å². The van der Waals surface area contributed by atoms with Crippen LogP contribution >= 0.6 is 0 Å². The monoisotopic (exact) mass is 466 g/mol. The summed E-state index contributed by atoms with van der Waals surface area (Å²) < 4.78 is 33.3. The van der Waals surface area contributed by atoms with E-state index in [0.717, 1.165) is 23.3 Å². The number of amides is 1. The van der Waals surface area contributed by atoms with Gasteiger partial charge in [0.25, 0.3) is 15.9 Å². The number of hydrogen-bond donors (Lipinski definition) is 2. The second-order valence-corrected chi connectivity index (χ2v) is 10.1. The minimum atomic E-state index is -3.76. The Balaban J connectivity index is 1.83. The number of aryl methyl sites for hydroxylation is 1. The number of ether oxygens (including phenoxy) is 1. The van der Waals surface area contributed by atoms with Crippen LogP contribution in [-0.4, -0.2) is 21.4 Å². The summed E-state index contributed by atoms with van der Waals surface area (Å²) in [6.07, 6.45) is 0.761. The molecule has 174 valence electrons. The zero-order valence-corrected chi connectivity index (χ0v) is 20.1. The van der Waals surface area contributed by atoms with Gasteiger partial charge in [-0.05, 0) is 66.8 Å². The largest absolute Gasteiger partial charge is 0.497 e. The lowest BCUT2D eigenvalue weighted by atomic mass is 9.96.